The molecule has 1 amide bonds. The third kappa shape index (κ3) is 4.79. The first kappa shape index (κ1) is 23.4. The maximum absolute atomic E-state index is 13.4. The van der Waals surface area contributed by atoms with Gasteiger partial charge in [0, 0.05) is 11.0 Å². The molecule has 0 atom stereocenters. The van der Waals surface area contributed by atoms with Gasteiger partial charge in [-0.15, -0.1) is 5.10 Å². The van der Waals surface area contributed by atoms with Gasteiger partial charge >= 0.3 is 6.18 Å². The Hall–Kier alpha value is -3.30. The highest BCUT2D eigenvalue weighted by atomic mass is 19.4. The fraction of sp³-hybridized carbons (Fsp3) is 0.364. The van der Waals surface area contributed by atoms with Crippen molar-refractivity contribution in [1.82, 2.24) is 25.5 Å². The Morgan fingerprint density at radius 1 is 0.938 bits per heavy atom. The normalized spacial score (nSPS) is 12.7. The lowest BCUT2D eigenvalue weighted by Crippen LogP contribution is -2.54. The van der Waals surface area contributed by atoms with Crippen LogP contribution in [0.5, 0.6) is 0 Å². The fourth-order valence-corrected chi connectivity index (χ4v) is 2.93. The molecule has 2 aromatic carbocycles. The Morgan fingerprint density at radius 3 is 2.12 bits per heavy atom. The SMILES string of the molecule is CC(C)(C)c1nnnn1-c1cc(C(=O)NC(C)(C)C(F)(F)F)cc(-c2ccc(F)cc2)c1. The summed E-state index contributed by atoms with van der Waals surface area (Å²) in [4.78, 5) is 12.8. The number of amides is 1. The molecule has 3 rings (SSSR count). The van der Waals surface area contributed by atoms with Crippen LogP contribution in [0.3, 0.4) is 0 Å². The summed E-state index contributed by atoms with van der Waals surface area (Å²) in [6.07, 6.45) is -4.64. The zero-order valence-electron chi connectivity index (χ0n) is 18.3. The summed E-state index contributed by atoms with van der Waals surface area (Å²) in [5, 5.41) is 13.8. The zero-order valence-corrected chi connectivity index (χ0v) is 18.3. The van der Waals surface area contributed by atoms with Crippen LogP contribution >= 0.6 is 0 Å². The number of benzene rings is 2. The molecule has 0 unspecified atom stereocenters. The van der Waals surface area contributed by atoms with Crippen molar-refractivity contribution in [2.75, 3.05) is 0 Å². The van der Waals surface area contributed by atoms with Gasteiger partial charge in [0.1, 0.15) is 11.4 Å². The van der Waals surface area contributed by atoms with Crippen molar-refractivity contribution < 1.29 is 22.4 Å². The topological polar surface area (TPSA) is 72.7 Å². The molecule has 1 heterocycles. The van der Waals surface area contributed by atoms with Crippen LogP contribution in [-0.2, 0) is 5.41 Å². The molecular formula is C22H23F4N5O. The molecular weight excluding hydrogens is 426 g/mol. The van der Waals surface area contributed by atoms with E-state index in [2.05, 4.69) is 15.5 Å². The van der Waals surface area contributed by atoms with Gasteiger partial charge in [-0.05, 0) is 65.7 Å². The average molecular weight is 449 g/mol. The van der Waals surface area contributed by atoms with Crippen LogP contribution in [0.25, 0.3) is 16.8 Å². The molecule has 0 aliphatic heterocycles. The number of halogens is 4. The standard InChI is InChI=1S/C22H23F4N5O/c1-20(2,3)19-28-29-30-31(19)17-11-14(13-6-8-16(23)9-7-13)10-15(12-17)18(32)27-21(4,5)22(24,25)26/h6-12H,1-5H3,(H,27,32). The quantitative estimate of drug-likeness (QED) is 0.579. The Labute approximate surface area is 182 Å². The lowest BCUT2D eigenvalue weighted by atomic mass is 9.95. The van der Waals surface area contributed by atoms with Gasteiger partial charge in [0.15, 0.2) is 5.82 Å². The minimum atomic E-state index is -4.64. The van der Waals surface area contributed by atoms with E-state index in [1.807, 2.05) is 26.1 Å². The third-order valence-electron chi connectivity index (χ3n) is 4.88. The third-order valence-corrected chi connectivity index (χ3v) is 4.88. The summed E-state index contributed by atoms with van der Waals surface area (Å²) < 4.78 is 54.7. The number of rotatable bonds is 4. The number of aromatic nitrogens is 4. The second-order valence-corrected chi connectivity index (χ2v) is 9.02. The number of hydrogen-bond acceptors (Lipinski definition) is 4. The lowest BCUT2D eigenvalue weighted by Gasteiger charge is -2.29. The number of hydrogen-bond donors (Lipinski definition) is 1. The van der Waals surface area contributed by atoms with Crippen molar-refractivity contribution in [3.05, 3.63) is 59.7 Å². The van der Waals surface area contributed by atoms with Crippen LogP contribution < -0.4 is 5.32 Å². The van der Waals surface area contributed by atoms with E-state index in [4.69, 9.17) is 0 Å². The molecule has 0 fully saturated rings. The molecule has 0 saturated carbocycles. The second kappa shape index (κ2) is 7.99. The highest BCUT2D eigenvalue weighted by molar-refractivity contribution is 5.96. The minimum Gasteiger partial charge on any atom is -0.338 e. The molecule has 0 bridgehead atoms. The smallest absolute Gasteiger partial charge is 0.338 e. The van der Waals surface area contributed by atoms with Crippen molar-refractivity contribution in [1.29, 1.82) is 0 Å². The molecule has 170 valence electrons. The minimum absolute atomic E-state index is 0.0190. The van der Waals surface area contributed by atoms with Crippen molar-refractivity contribution in [3.63, 3.8) is 0 Å². The molecule has 1 N–H and O–H groups in total. The van der Waals surface area contributed by atoms with Gasteiger partial charge in [-0.2, -0.15) is 17.9 Å². The van der Waals surface area contributed by atoms with Crippen LogP contribution in [0.4, 0.5) is 17.6 Å². The van der Waals surface area contributed by atoms with E-state index >= 15 is 0 Å². The van der Waals surface area contributed by atoms with E-state index < -0.39 is 28.9 Å². The van der Waals surface area contributed by atoms with Gasteiger partial charge in [0.05, 0.1) is 5.69 Å². The van der Waals surface area contributed by atoms with Crippen LogP contribution in [0.2, 0.25) is 0 Å². The number of alkyl halides is 3. The molecule has 3 aromatic rings. The van der Waals surface area contributed by atoms with E-state index in [0.717, 1.165) is 13.8 Å². The molecule has 0 aliphatic carbocycles. The van der Waals surface area contributed by atoms with Gasteiger partial charge < -0.3 is 5.32 Å². The molecule has 0 spiro atoms. The Morgan fingerprint density at radius 2 is 1.56 bits per heavy atom. The number of nitrogens with one attached hydrogen (secondary N) is 1. The molecule has 10 heteroatoms. The Kier molecular flexibility index (Phi) is 5.84. The molecule has 0 aliphatic rings. The van der Waals surface area contributed by atoms with Gasteiger partial charge in [-0.1, -0.05) is 32.9 Å². The highest BCUT2D eigenvalue weighted by Crippen LogP contribution is 2.31. The van der Waals surface area contributed by atoms with Gasteiger partial charge in [0.25, 0.3) is 5.91 Å². The predicted molar refractivity (Wildman–Crippen MR) is 111 cm³/mol. The summed E-state index contributed by atoms with van der Waals surface area (Å²) in [7, 11) is 0. The fourth-order valence-electron chi connectivity index (χ4n) is 2.93. The molecule has 0 radical (unpaired) electrons. The first-order chi connectivity index (χ1) is 14.7. The largest absolute Gasteiger partial charge is 0.410 e. The Bertz CT molecular complexity index is 1130. The highest BCUT2D eigenvalue weighted by Gasteiger charge is 2.48. The number of carbonyl (C=O) groups excluding carboxylic acids is 1. The van der Waals surface area contributed by atoms with E-state index in [9.17, 15) is 22.4 Å². The number of carbonyl (C=O) groups is 1. The van der Waals surface area contributed by atoms with Crippen LogP contribution in [0.1, 0.15) is 50.8 Å². The zero-order chi connectivity index (χ0) is 23.9. The van der Waals surface area contributed by atoms with Crippen molar-refractivity contribution >= 4 is 5.91 Å². The van der Waals surface area contributed by atoms with Crippen molar-refractivity contribution in [3.8, 4) is 16.8 Å². The van der Waals surface area contributed by atoms with Crippen LogP contribution in [0.15, 0.2) is 42.5 Å². The predicted octanol–water partition coefficient (Wildman–Crippen LogP) is 4.84. The van der Waals surface area contributed by atoms with Gasteiger partial charge in [0.2, 0.25) is 0 Å². The molecule has 6 nitrogen and oxygen atoms in total. The average Bonchev–Trinajstić information content (AvgIpc) is 3.17. The number of tetrazole rings is 1. The summed E-state index contributed by atoms with van der Waals surface area (Å²) >= 11 is 0. The van der Waals surface area contributed by atoms with Gasteiger partial charge in [-0.25, -0.2) is 4.39 Å². The maximum atomic E-state index is 13.4. The second-order valence-electron chi connectivity index (χ2n) is 9.02. The maximum Gasteiger partial charge on any atom is 0.410 e. The monoisotopic (exact) mass is 449 g/mol. The summed E-state index contributed by atoms with van der Waals surface area (Å²) in [6, 6.07) is 10.1. The van der Waals surface area contributed by atoms with Crippen LogP contribution in [-0.4, -0.2) is 37.8 Å². The van der Waals surface area contributed by atoms with Crippen molar-refractivity contribution in [2.45, 2.75) is 51.7 Å². The molecule has 32 heavy (non-hydrogen) atoms. The molecule has 0 saturated heterocycles. The summed E-state index contributed by atoms with van der Waals surface area (Å²) in [6.45, 7) is 7.47. The van der Waals surface area contributed by atoms with E-state index in [1.54, 1.807) is 6.07 Å². The number of nitrogens with zero attached hydrogens (tertiary/aromatic N) is 4. The first-order valence-electron chi connectivity index (χ1n) is 9.78. The summed E-state index contributed by atoms with van der Waals surface area (Å²) in [5.74, 6) is -0.857. The van der Waals surface area contributed by atoms with Crippen LogP contribution in [0, 0.1) is 5.82 Å². The van der Waals surface area contributed by atoms with E-state index in [1.165, 1.54) is 41.1 Å². The van der Waals surface area contributed by atoms with Gasteiger partial charge in [-0.3, -0.25) is 4.79 Å². The molecule has 1 aromatic heterocycles. The summed E-state index contributed by atoms with van der Waals surface area (Å²) in [5.41, 5.74) is -1.46. The Balaban J connectivity index is 2.15. The van der Waals surface area contributed by atoms with E-state index in [0.29, 0.717) is 22.6 Å². The first-order valence-corrected chi connectivity index (χ1v) is 9.78. The lowest BCUT2D eigenvalue weighted by molar-refractivity contribution is -0.182. The van der Waals surface area contributed by atoms with Crippen molar-refractivity contribution in [2.24, 2.45) is 0 Å². The van der Waals surface area contributed by atoms with E-state index in [-0.39, 0.29) is 5.56 Å².